The number of hydrogen-bond donors (Lipinski definition) is 0. The standard InChI is InChI=1S/C21H24F3NO2/c1-26-18-7-9-19(10-8-18)27-14-17-13-25(15-21(22,23)24)12-11-20(17)16-5-3-2-4-6-16/h2-10,17,20H,11-15H2,1H3/t17-,20+/m1/s1. The molecule has 3 nitrogen and oxygen atoms in total. The molecular formula is C21H24F3NO2. The van der Waals surface area contributed by atoms with E-state index in [-0.39, 0.29) is 11.8 Å². The van der Waals surface area contributed by atoms with Crippen LogP contribution in [-0.4, -0.2) is 44.4 Å². The van der Waals surface area contributed by atoms with E-state index in [4.69, 9.17) is 9.47 Å². The lowest BCUT2D eigenvalue weighted by Gasteiger charge is -2.39. The Bertz CT molecular complexity index is 704. The van der Waals surface area contributed by atoms with Crippen molar-refractivity contribution in [1.29, 1.82) is 0 Å². The first kappa shape index (κ1) is 19.5. The normalized spacial score (nSPS) is 21.0. The third-order valence-electron chi connectivity index (χ3n) is 4.97. The number of nitrogens with zero attached hydrogens (tertiary/aromatic N) is 1. The van der Waals surface area contributed by atoms with Gasteiger partial charge in [0.2, 0.25) is 0 Å². The third kappa shape index (κ3) is 5.63. The number of hydrogen-bond acceptors (Lipinski definition) is 3. The van der Waals surface area contributed by atoms with E-state index >= 15 is 0 Å². The van der Waals surface area contributed by atoms with Crippen LogP contribution in [0.3, 0.4) is 0 Å². The van der Waals surface area contributed by atoms with Crippen molar-refractivity contribution < 1.29 is 22.6 Å². The Morgan fingerprint density at radius 1 is 1.00 bits per heavy atom. The van der Waals surface area contributed by atoms with Crippen LogP contribution in [0, 0.1) is 5.92 Å². The third-order valence-corrected chi connectivity index (χ3v) is 4.97. The Hall–Kier alpha value is -2.21. The summed E-state index contributed by atoms with van der Waals surface area (Å²) in [5.41, 5.74) is 1.16. The van der Waals surface area contributed by atoms with Crippen molar-refractivity contribution in [2.24, 2.45) is 5.92 Å². The first-order valence-corrected chi connectivity index (χ1v) is 9.05. The second-order valence-corrected chi connectivity index (χ2v) is 6.90. The van der Waals surface area contributed by atoms with Gasteiger partial charge >= 0.3 is 6.18 Å². The van der Waals surface area contributed by atoms with Gasteiger partial charge in [-0.3, -0.25) is 4.90 Å². The largest absolute Gasteiger partial charge is 0.497 e. The molecule has 2 aromatic carbocycles. The van der Waals surface area contributed by atoms with E-state index in [0.29, 0.717) is 31.9 Å². The summed E-state index contributed by atoms with van der Waals surface area (Å²) in [6.45, 7) is 0.321. The summed E-state index contributed by atoms with van der Waals surface area (Å²) in [7, 11) is 1.59. The summed E-state index contributed by atoms with van der Waals surface area (Å²) < 4.78 is 49.5. The molecule has 0 bridgehead atoms. The van der Waals surface area contributed by atoms with E-state index in [1.165, 1.54) is 4.90 Å². The SMILES string of the molecule is COc1ccc(OC[C@H]2CN(CC(F)(F)F)CC[C@H]2c2ccccc2)cc1. The van der Waals surface area contributed by atoms with Crippen LogP contribution >= 0.6 is 0 Å². The molecule has 27 heavy (non-hydrogen) atoms. The van der Waals surface area contributed by atoms with Crippen LogP contribution in [0.4, 0.5) is 13.2 Å². The summed E-state index contributed by atoms with van der Waals surface area (Å²) in [6, 6.07) is 17.2. The number of piperidine rings is 1. The van der Waals surface area contributed by atoms with E-state index < -0.39 is 12.7 Å². The van der Waals surface area contributed by atoms with Crippen LogP contribution in [-0.2, 0) is 0 Å². The lowest BCUT2D eigenvalue weighted by Crippen LogP contribution is -2.45. The van der Waals surface area contributed by atoms with Crippen molar-refractivity contribution in [3.8, 4) is 11.5 Å². The van der Waals surface area contributed by atoms with Gasteiger partial charge in [-0.05, 0) is 48.7 Å². The molecule has 0 spiro atoms. The lowest BCUT2D eigenvalue weighted by molar-refractivity contribution is -0.150. The number of rotatable bonds is 6. The topological polar surface area (TPSA) is 21.7 Å². The van der Waals surface area contributed by atoms with Gasteiger partial charge in [0.05, 0.1) is 20.3 Å². The summed E-state index contributed by atoms with van der Waals surface area (Å²) >= 11 is 0. The molecule has 1 aliphatic heterocycles. The van der Waals surface area contributed by atoms with E-state index in [1.807, 2.05) is 42.5 Å². The van der Waals surface area contributed by atoms with Crippen molar-refractivity contribution in [2.75, 3.05) is 33.4 Å². The quantitative estimate of drug-likeness (QED) is 0.724. The van der Waals surface area contributed by atoms with E-state index in [9.17, 15) is 13.2 Å². The maximum Gasteiger partial charge on any atom is 0.401 e. The molecule has 0 aromatic heterocycles. The maximum absolute atomic E-state index is 12.8. The molecule has 2 aromatic rings. The van der Waals surface area contributed by atoms with Gasteiger partial charge in [0.15, 0.2) is 0 Å². The molecule has 146 valence electrons. The molecule has 0 radical (unpaired) electrons. The molecule has 1 heterocycles. The molecule has 6 heteroatoms. The highest BCUT2D eigenvalue weighted by atomic mass is 19.4. The molecule has 1 fully saturated rings. The molecule has 3 rings (SSSR count). The lowest BCUT2D eigenvalue weighted by atomic mass is 9.81. The van der Waals surface area contributed by atoms with Gasteiger partial charge in [-0.15, -0.1) is 0 Å². The van der Waals surface area contributed by atoms with Crippen molar-refractivity contribution in [2.45, 2.75) is 18.5 Å². The van der Waals surface area contributed by atoms with E-state index in [1.54, 1.807) is 19.2 Å². The molecule has 0 saturated carbocycles. The van der Waals surface area contributed by atoms with Crippen molar-refractivity contribution >= 4 is 0 Å². The van der Waals surface area contributed by atoms with Gasteiger partial charge in [-0.2, -0.15) is 13.2 Å². The smallest absolute Gasteiger partial charge is 0.401 e. The van der Waals surface area contributed by atoms with Crippen LogP contribution in [0.5, 0.6) is 11.5 Å². The fourth-order valence-corrected chi connectivity index (χ4v) is 3.69. The van der Waals surface area contributed by atoms with Gasteiger partial charge in [0.25, 0.3) is 0 Å². The minimum absolute atomic E-state index is 0.00870. The van der Waals surface area contributed by atoms with Crippen LogP contribution in [0.15, 0.2) is 54.6 Å². The van der Waals surface area contributed by atoms with Crippen molar-refractivity contribution in [1.82, 2.24) is 4.90 Å². The second kappa shape index (κ2) is 8.65. The van der Waals surface area contributed by atoms with E-state index in [2.05, 4.69) is 0 Å². The zero-order valence-electron chi connectivity index (χ0n) is 15.3. The molecule has 0 N–H and O–H groups in total. The first-order valence-electron chi connectivity index (χ1n) is 9.05. The number of methoxy groups -OCH3 is 1. The first-order chi connectivity index (χ1) is 12.9. The average Bonchev–Trinajstić information content (AvgIpc) is 2.66. The van der Waals surface area contributed by atoms with Gasteiger partial charge in [0.1, 0.15) is 11.5 Å². The Labute approximate surface area is 157 Å². The summed E-state index contributed by atoms with van der Waals surface area (Å²) in [5, 5.41) is 0. The molecule has 1 aliphatic rings. The number of alkyl halides is 3. The Kier molecular flexibility index (Phi) is 6.26. The number of ether oxygens (including phenoxy) is 2. The molecule has 0 amide bonds. The Morgan fingerprint density at radius 2 is 1.67 bits per heavy atom. The predicted molar refractivity (Wildman–Crippen MR) is 98.3 cm³/mol. The van der Waals surface area contributed by atoms with Crippen molar-refractivity contribution in [3.63, 3.8) is 0 Å². The highest BCUT2D eigenvalue weighted by molar-refractivity contribution is 5.31. The number of halogens is 3. The number of likely N-dealkylation sites (tertiary alicyclic amines) is 1. The molecule has 0 unspecified atom stereocenters. The van der Waals surface area contributed by atoms with Crippen molar-refractivity contribution in [3.05, 3.63) is 60.2 Å². The zero-order chi connectivity index (χ0) is 19.3. The molecule has 0 aliphatic carbocycles. The van der Waals surface area contributed by atoms with Crippen LogP contribution in [0.25, 0.3) is 0 Å². The predicted octanol–water partition coefficient (Wildman–Crippen LogP) is 4.74. The summed E-state index contributed by atoms with van der Waals surface area (Å²) in [4.78, 5) is 1.49. The van der Waals surface area contributed by atoms with Gasteiger partial charge in [-0.25, -0.2) is 0 Å². The fourth-order valence-electron chi connectivity index (χ4n) is 3.69. The van der Waals surface area contributed by atoms with Crippen LogP contribution in [0.1, 0.15) is 17.9 Å². The van der Waals surface area contributed by atoms with Gasteiger partial charge in [0, 0.05) is 12.5 Å². The molecular weight excluding hydrogens is 355 g/mol. The van der Waals surface area contributed by atoms with Crippen LogP contribution in [0.2, 0.25) is 0 Å². The zero-order valence-corrected chi connectivity index (χ0v) is 15.3. The Balaban J connectivity index is 1.70. The second-order valence-electron chi connectivity index (χ2n) is 6.90. The minimum Gasteiger partial charge on any atom is -0.497 e. The summed E-state index contributed by atoms with van der Waals surface area (Å²) in [5.74, 6) is 1.61. The number of benzene rings is 2. The summed E-state index contributed by atoms with van der Waals surface area (Å²) in [6.07, 6.45) is -3.49. The Morgan fingerprint density at radius 3 is 2.30 bits per heavy atom. The monoisotopic (exact) mass is 379 g/mol. The fraction of sp³-hybridized carbons (Fsp3) is 0.429. The van der Waals surface area contributed by atoms with Gasteiger partial charge < -0.3 is 9.47 Å². The molecule has 2 atom stereocenters. The highest BCUT2D eigenvalue weighted by Crippen LogP contribution is 2.34. The maximum atomic E-state index is 12.8. The van der Waals surface area contributed by atoms with Crippen LogP contribution < -0.4 is 9.47 Å². The van der Waals surface area contributed by atoms with E-state index in [0.717, 1.165) is 11.3 Å². The average molecular weight is 379 g/mol. The molecule has 1 saturated heterocycles. The minimum atomic E-state index is -4.18. The van der Waals surface area contributed by atoms with Gasteiger partial charge in [-0.1, -0.05) is 30.3 Å². The highest BCUT2D eigenvalue weighted by Gasteiger charge is 2.36.